The quantitative estimate of drug-likeness (QED) is 0.515. The maximum absolute atomic E-state index is 11.4. The lowest BCUT2D eigenvalue weighted by molar-refractivity contribution is -0.145. The fraction of sp³-hybridized carbons (Fsp3) is 0.500. The monoisotopic (exact) mass is 278 g/mol. The molecule has 0 saturated carbocycles. The van der Waals surface area contributed by atoms with Crippen molar-refractivity contribution in [3.63, 3.8) is 0 Å². The van der Waals surface area contributed by atoms with Crippen molar-refractivity contribution in [2.24, 2.45) is 0 Å². The van der Waals surface area contributed by atoms with Crippen molar-refractivity contribution in [1.82, 2.24) is 0 Å². The van der Waals surface area contributed by atoms with Crippen molar-refractivity contribution >= 4 is 11.9 Å². The van der Waals surface area contributed by atoms with Crippen LogP contribution in [0.25, 0.3) is 0 Å². The first kappa shape index (κ1) is 16.2. The number of ether oxygens (including phenoxy) is 2. The maximum Gasteiger partial charge on any atom is 0.305 e. The first-order valence-corrected chi connectivity index (χ1v) is 7.07. The minimum atomic E-state index is -0.260. The van der Waals surface area contributed by atoms with Gasteiger partial charge >= 0.3 is 11.9 Å². The van der Waals surface area contributed by atoms with Crippen LogP contribution in [0.4, 0.5) is 0 Å². The summed E-state index contributed by atoms with van der Waals surface area (Å²) in [7, 11) is 0. The highest BCUT2D eigenvalue weighted by molar-refractivity contribution is 5.72. The molecule has 0 N–H and O–H groups in total. The predicted molar refractivity (Wildman–Crippen MR) is 76.2 cm³/mol. The largest absolute Gasteiger partial charge is 0.466 e. The van der Waals surface area contributed by atoms with Crippen LogP contribution < -0.4 is 0 Å². The van der Waals surface area contributed by atoms with E-state index in [0.717, 1.165) is 12.8 Å². The molecule has 4 heteroatoms. The molecule has 0 atom stereocenters. The summed E-state index contributed by atoms with van der Waals surface area (Å²) in [4.78, 5) is 22.5. The summed E-state index contributed by atoms with van der Waals surface area (Å²) >= 11 is 0. The van der Waals surface area contributed by atoms with Crippen molar-refractivity contribution < 1.29 is 19.1 Å². The molecule has 4 nitrogen and oxygen atoms in total. The zero-order valence-electron chi connectivity index (χ0n) is 12.0. The van der Waals surface area contributed by atoms with Crippen LogP contribution in [0.1, 0.15) is 38.2 Å². The molecular formula is C16H22O4. The van der Waals surface area contributed by atoms with Gasteiger partial charge in [-0.1, -0.05) is 30.3 Å². The summed E-state index contributed by atoms with van der Waals surface area (Å²) in [5, 5.41) is 0. The molecule has 0 fully saturated rings. The number of carbonyl (C=O) groups excluding carboxylic acids is 2. The first-order valence-electron chi connectivity index (χ1n) is 7.07. The Labute approximate surface area is 120 Å². The fourth-order valence-electron chi connectivity index (χ4n) is 1.79. The highest BCUT2D eigenvalue weighted by atomic mass is 16.5. The lowest BCUT2D eigenvalue weighted by atomic mass is 10.1. The SMILES string of the molecule is CCOC(=O)CCCC(=O)OCCCc1ccccc1. The second kappa shape index (κ2) is 10.0. The van der Waals surface area contributed by atoms with E-state index in [1.807, 2.05) is 18.2 Å². The molecule has 0 aromatic heterocycles. The number of hydrogen-bond acceptors (Lipinski definition) is 4. The van der Waals surface area contributed by atoms with E-state index in [2.05, 4.69) is 12.1 Å². The average molecular weight is 278 g/mol. The third-order valence-electron chi connectivity index (χ3n) is 2.78. The van der Waals surface area contributed by atoms with Crippen LogP contribution in [0.3, 0.4) is 0 Å². The average Bonchev–Trinajstić information content (AvgIpc) is 2.45. The van der Waals surface area contributed by atoms with Gasteiger partial charge in [-0.25, -0.2) is 0 Å². The molecule has 0 heterocycles. The Balaban J connectivity index is 2.01. The molecule has 0 aliphatic carbocycles. The van der Waals surface area contributed by atoms with Crippen molar-refractivity contribution in [1.29, 1.82) is 0 Å². The Morgan fingerprint density at radius 3 is 2.25 bits per heavy atom. The highest BCUT2D eigenvalue weighted by Gasteiger charge is 2.06. The second-order valence-electron chi connectivity index (χ2n) is 4.47. The topological polar surface area (TPSA) is 52.6 Å². The van der Waals surface area contributed by atoms with E-state index < -0.39 is 0 Å². The van der Waals surface area contributed by atoms with E-state index in [9.17, 15) is 9.59 Å². The first-order chi connectivity index (χ1) is 9.72. The molecule has 0 aliphatic heterocycles. The van der Waals surface area contributed by atoms with E-state index in [4.69, 9.17) is 9.47 Å². The lowest BCUT2D eigenvalue weighted by Gasteiger charge is -2.05. The van der Waals surface area contributed by atoms with E-state index in [1.54, 1.807) is 6.92 Å². The highest BCUT2D eigenvalue weighted by Crippen LogP contribution is 2.04. The van der Waals surface area contributed by atoms with Crippen molar-refractivity contribution in [3.05, 3.63) is 35.9 Å². The second-order valence-corrected chi connectivity index (χ2v) is 4.47. The van der Waals surface area contributed by atoms with Gasteiger partial charge in [-0.2, -0.15) is 0 Å². The maximum atomic E-state index is 11.4. The molecule has 1 rings (SSSR count). The van der Waals surface area contributed by atoms with Gasteiger partial charge in [0.2, 0.25) is 0 Å². The van der Waals surface area contributed by atoms with Crippen molar-refractivity contribution in [3.8, 4) is 0 Å². The normalized spacial score (nSPS) is 10.1. The van der Waals surface area contributed by atoms with Crippen LogP contribution >= 0.6 is 0 Å². The molecule has 20 heavy (non-hydrogen) atoms. The Hall–Kier alpha value is -1.84. The Morgan fingerprint density at radius 1 is 0.950 bits per heavy atom. The van der Waals surface area contributed by atoms with E-state index >= 15 is 0 Å². The standard InChI is InChI=1S/C16H22O4/c1-2-19-15(17)11-6-12-16(18)20-13-7-10-14-8-4-3-5-9-14/h3-5,8-9H,2,6-7,10-13H2,1H3. The van der Waals surface area contributed by atoms with Gasteiger partial charge in [-0.05, 0) is 31.7 Å². The summed E-state index contributed by atoms with van der Waals surface area (Å²) in [5.74, 6) is -0.508. The Morgan fingerprint density at radius 2 is 1.60 bits per heavy atom. The van der Waals surface area contributed by atoms with Gasteiger partial charge in [0, 0.05) is 12.8 Å². The molecule has 0 aliphatic rings. The molecule has 0 unspecified atom stereocenters. The molecule has 0 amide bonds. The predicted octanol–water partition coefficient (Wildman–Crippen LogP) is 2.90. The minimum absolute atomic E-state index is 0.248. The Bertz CT molecular complexity index is 400. The van der Waals surface area contributed by atoms with Gasteiger partial charge in [0.05, 0.1) is 13.2 Å². The summed E-state index contributed by atoms with van der Waals surface area (Å²) in [6.07, 6.45) is 2.73. The van der Waals surface area contributed by atoms with Crippen molar-refractivity contribution in [2.75, 3.05) is 13.2 Å². The van der Waals surface area contributed by atoms with E-state index in [-0.39, 0.29) is 24.8 Å². The van der Waals surface area contributed by atoms with Gasteiger partial charge in [0.15, 0.2) is 0 Å². The third-order valence-corrected chi connectivity index (χ3v) is 2.78. The molecule has 1 aromatic carbocycles. The zero-order chi connectivity index (χ0) is 14.6. The van der Waals surface area contributed by atoms with Gasteiger partial charge in [0.1, 0.15) is 0 Å². The molecule has 0 spiro atoms. The molecule has 0 radical (unpaired) electrons. The van der Waals surface area contributed by atoms with Crippen LogP contribution in [0.15, 0.2) is 30.3 Å². The number of hydrogen-bond donors (Lipinski definition) is 0. The summed E-state index contributed by atoms with van der Waals surface area (Å²) < 4.78 is 9.89. The Kier molecular flexibility index (Phi) is 8.11. The van der Waals surface area contributed by atoms with Crippen LogP contribution in [0.2, 0.25) is 0 Å². The number of rotatable bonds is 9. The van der Waals surface area contributed by atoms with Crippen molar-refractivity contribution in [2.45, 2.75) is 39.0 Å². The number of aryl methyl sites for hydroxylation is 1. The molecule has 1 aromatic rings. The van der Waals surface area contributed by atoms with Crippen LogP contribution in [0.5, 0.6) is 0 Å². The summed E-state index contributed by atoms with van der Waals surface area (Å²) in [6.45, 7) is 2.56. The number of carbonyl (C=O) groups is 2. The van der Waals surface area contributed by atoms with E-state index in [0.29, 0.717) is 19.6 Å². The zero-order valence-corrected chi connectivity index (χ0v) is 12.0. The van der Waals surface area contributed by atoms with Gasteiger partial charge < -0.3 is 9.47 Å². The molecular weight excluding hydrogens is 256 g/mol. The fourth-order valence-corrected chi connectivity index (χ4v) is 1.79. The minimum Gasteiger partial charge on any atom is -0.466 e. The number of benzene rings is 1. The van der Waals surface area contributed by atoms with Gasteiger partial charge in [0.25, 0.3) is 0 Å². The molecule has 0 saturated heterocycles. The third kappa shape index (κ3) is 7.56. The van der Waals surface area contributed by atoms with Gasteiger partial charge in [-0.15, -0.1) is 0 Å². The van der Waals surface area contributed by atoms with Crippen LogP contribution in [-0.2, 0) is 25.5 Å². The van der Waals surface area contributed by atoms with E-state index in [1.165, 1.54) is 5.56 Å². The molecule has 110 valence electrons. The number of esters is 2. The van der Waals surface area contributed by atoms with Crippen LogP contribution in [0, 0.1) is 0 Å². The summed E-state index contributed by atoms with van der Waals surface area (Å²) in [5.41, 5.74) is 1.24. The molecule has 0 bridgehead atoms. The summed E-state index contributed by atoms with van der Waals surface area (Å²) in [6, 6.07) is 10.1. The van der Waals surface area contributed by atoms with Crippen LogP contribution in [-0.4, -0.2) is 25.2 Å². The lowest BCUT2D eigenvalue weighted by Crippen LogP contribution is -2.09. The van der Waals surface area contributed by atoms with Gasteiger partial charge in [-0.3, -0.25) is 9.59 Å². The smallest absolute Gasteiger partial charge is 0.305 e.